The smallest absolute Gasteiger partial charge is 0.247 e. The van der Waals surface area contributed by atoms with Gasteiger partial charge in [0, 0.05) is 25.4 Å². The summed E-state index contributed by atoms with van der Waals surface area (Å²) in [4.78, 5) is 8.90. The fraction of sp³-hybridized carbons (Fsp3) is 0.286. The van der Waals surface area contributed by atoms with E-state index in [0.29, 0.717) is 18.9 Å². The molecule has 5 aromatic rings. The SMILES string of the molecule is Cc1nc2cnccc2n1Cc1ccc(S(=O)(=O)N(C)C(CC(C)C)c2nnc(-c3ccccc3)o2)cc1. The molecule has 9 nitrogen and oxygen atoms in total. The zero-order valence-electron chi connectivity index (χ0n) is 21.8. The number of aromatic nitrogens is 5. The number of aryl methyl sites for hydroxylation is 1. The van der Waals surface area contributed by atoms with Gasteiger partial charge < -0.3 is 8.98 Å². The average molecular weight is 531 g/mol. The Morgan fingerprint density at radius 2 is 1.74 bits per heavy atom. The van der Waals surface area contributed by atoms with Crippen LogP contribution in [0.5, 0.6) is 0 Å². The maximum absolute atomic E-state index is 13.7. The van der Waals surface area contributed by atoms with Crippen LogP contribution in [0.25, 0.3) is 22.5 Å². The number of benzene rings is 2. The Bertz CT molecular complexity index is 1640. The Morgan fingerprint density at radius 1 is 1.00 bits per heavy atom. The summed E-state index contributed by atoms with van der Waals surface area (Å²) >= 11 is 0. The summed E-state index contributed by atoms with van der Waals surface area (Å²) in [5, 5.41) is 8.41. The first kappa shape index (κ1) is 25.7. The lowest BCUT2D eigenvalue weighted by atomic mass is 10.0. The standard InChI is InChI=1S/C28H30N6O3S/c1-19(2)16-26(28-32-31-27(37-28)22-8-6-5-7-9-22)33(4)38(35,36)23-12-10-21(11-13-23)18-34-20(3)30-24-17-29-15-14-25(24)34/h5-15,17,19,26H,16,18H2,1-4H3. The first-order chi connectivity index (χ1) is 18.2. The molecule has 0 amide bonds. The largest absolute Gasteiger partial charge is 0.419 e. The third-order valence-electron chi connectivity index (χ3n) is 6.56. The molecule has 0 N–H and O–H groups in total. The van der Waals surface area contributed by atoms with Gasteiger partial charge in [0.1, 0.15) is 17.4 Å². The molecule has 2 aromatic carbocycles. The number of hydrogen-bond acceptors (Lipinski definition) is 7. The van der Waals surface area contributed by atoms with Gasteiger partial charge in [0.05, 0.1) is 16.6 Å². The zero-order chi connectivity index (χ0) is 26.9. The van der Waals surface area contributed by atoms with Crippen LogP contribution in [0.1, 0.15) is 43.6 Å². The van der Waals surface area contributed by atoms with Crippen molar-refractivity contribution in [3.63, 3.8) is 0 Å². The van der Waals surface area contributed by atoms with Crippen LogP contribution in [-0.2, 0) is 16.6 Å². The molecule has 3 aromatic heterocycles. The van der Waals surface area contributed by atoms with E-state index in [1.54, 1.807) is 31.6 Å². The van der Waals surface area contributed by atoms with Gasteiger partial charge in [-0.05, 0) is 55.2 Å². The minimum absolute atomic E-state index is 0.204. The van der Waals surface area contributed by atoms with Gasteiger partial charge in [-0.25, -0.2) is 13.4 Å². The second-order valence-corrected chi connectivity index (χ2v) is 11.7. The summed E-state index contributed by atoms with van der Waals surface area (Å²) in [7, 11) is -2.26. The predicted octanol–water partition coefficient (Wildman–Crippen LogP) is 5.25. The third-order valence-corrected chi connectivity index (χ3v) is 8.44. The molecule has 0 fully saturated rings. The molecule has 0 aliphatic heterocycles. The lowest BCUT2D eigenvalue weighted by Gasteiger charge is -2.26. The molecule has 0 radical (unpaired) electrons. The number of rotatable bonds is 9. The topological polar surface area (TPSA) is 107 Å². The summed E-state index contributed by atoms with van der Waals surface area (Å²) in [6, 6.07) is 17.7. The van der Waals surface area contributed by atoms with Gasteiger partial charge in [-0.1, -0.05) is 44.2 Å². The molecule has 0 bridgehead atoms. The van der Waals surface area contributed by atoms with Crippen molar-refractivity contribution in [2.24, 2.45) is 5.92 Å². The number of fused-ring (bicyclic) bond motifs is 1. The quantitative estimate of drug-likeness (QED) is 0.256. The van der Waals surface area contributed by atoms with E-state index in [1.165, 1.54) is 4.31 Å². The lowest BCUT2D eigenvalue weighted by molar-refractivity contribution is 0.273. The Hall–Kier alpha value is -3.89. The summed E-state index contributed by atoms with van der Waals surface area (Å²) < 4.78 is 36.7. The highest BCUT2D eigenvalue weighted by Crippen LogP contribution is 2.32. The predicted molar refractivity (Wildman–Crippen MR) is 145 cm³/mol. The monoisotopic (exact) mass is 530 g/mol. The van der Waals surface area contributed by atoms with E-state index in [2.05, 4.69) is 24.7 Å². The molecular weight excluding hydrogens is 500 g/mol. The Labute approximate surface area is 222 Å². The fourth-order valence-corrected chi connectivity index (χ4v) is 5.83. The molecular formula is C28H30N6O3S. The Balaban J connectivity index is 1.40. The van der Waals surface area contributed by atoms with Crippen molar-refractivity contribution in [1.82, 2.24) is 29.0 Å². The van der Waals surface area contributed by atoms with Crippen molar-refractivity contribution < 1.29 is 12.8 Å². The van der Waals surface area contributed by atoms with Crippen LogP contribution in [0, 0.1) is 12.8 Å². The summed E-state index contributed by atoms with van der Waals surface area (Å²) in [5.74, 6) is 1.71. The summed E-state index contributed by atoms with van der Waals surface area (Å²) in [5.41, 5.74) is 3.57. The number of sulfonamides is 1. The molecule has 0 saturated heterocycles. The van der Waals surface area contributed by atoms with E-state index in [0.717, 1.165) is 28.0 Å². The molecule has 0 saturated carbocycles. The molecule has 10 heteroatoms. The average Bonchev–Trinajstić information content (AvgIpc) is 3.53. The molecule has 1 unspecified atom stereocenters. The summed E-state index contributed by atoms with van der Waals surface area (Å²) in [6.07, 6.45) is 4.02. The lowest BCUT2D eigenvalue weighted by Crippen LogP contribution is -2.32. The van der Waals surface area contributed by atoms with Gasteiger partial charge >= 0.3 is 0 Å². The Kier molecular flexibility index (Phi) is 7.09. The third kappa shape index (κ3) is 5.09. The van der Waals surface area contributed by atoms with Crippen molar-refractivity contribution in [3.05, 3.63) is 90.3 Å². The van der Waals surface area contributed by atoms with E-state index in [4.69, 9.17) is 4.42 Å². The minimum Gasteiger partial charge on any atom is -0.419 e. The molecule has 0 spiro atoms. The molecule has 3 heterocycles. The number of pyridine rings is 1. The molecule has 0 aliphatic carbocycles. The second kappa shape index (κ2) is 10.5. The van der Waals surface area contributed by atoms with Crippen LogP contribution in [-0.4, -0.2) is 44.5 Å². The van der Waals surface area contributed by atoms with Crippen molar-refractivity contribution in [2.75, 3.05) is 7.05 Å². The number of nitrogens with zero attached hydrogens (tertiary/aromatic N) is 6. The molecule has 0 aliphatic rings. The van der Waals surface area contributed by atoms with Gasteiger partial charge in [0.25, 0.3) is 0 Å². The maximum atomic E-state index is 13.7. The van der Waals surface area contributed by atoms with Gasteiger partial charge in [0.2, 0.25) is 21.8 Å². The fourth-order valence-electron chi connectivity index (χ4n) is 4.50. The van der Waals surface area contributed by atoms with Crippen molar-refractivity contribution in [1.29, 1.82) is 0 Å². The first-order valence-electron chi connectivity index (χ1n) is 12.5. The number of imidazole rings is 1. The van der Waals surface area contributed by atoms with Crippen LogP contribution in [0.4, 0.5) is 0 Å². The van der Waals surface area contributed by atoms with Crippen LogP contribution in [0.3, 0.4) is 0 Å². The van der Waals surface area contributed by atoms with E-state index in [1.807, 2.05) is 69.3 Å². The first-order valence-corrected chi connectivity index (χ1v) is 13.9. The van der Waals surface area contributed by atoms with E-state index in [9.17, 15) is 8.42 Å². The van der Waals surface area contributed by atoms with Crippen molar-refractivity contribution >= 4 is 21.1 Å². The van der Waals surface area contributed by atoms with E-state index >= 15 is 0 Å². The van der Waals surface area contributed by atoms with Crippen molar-refractivity contribution in [3.8, 4) is 11.5 Å². The highest BCUT2D eigenvalue weighted by molar-refractivity contribution is 7.89. The zero-order valence-corrected chi connectivity index (χ0v) is 22.6. The van der Waals surface area contributed by atoms with Crippen LogP contribution in [0.15, 0.2) is 82.4 Å². The molecule has 38 heavy (non-hydrogen) atoms. The Morgan fingerprint density at radius 3 is 2.45 bits per heavy atom. The van der Waals surface area contributed by atoms with Crippen LogP contribution < -0.4 is 0 Å². The summed E-state index contributed by atoms with van der Waals surface area (Å²) in [6.45, 7) is 6.59. The molecule has 5 rings (SSSR count). The van der Waals surface area contributed by atoms with Crippen molar-refractivity contribution in [2.45, 2.75) is 44.7 Å². The van der Waals surface area contributed by atoms with Gasteiger partial charge in [0.15, 0.2) is 0 Å². The highest BCUT2D eigenvalue weighted by Gasteiger charge is 2.33. The van der Waals surface area contributed by atoms with E-state index < -0.39 is 16.1 Å². The van der Waals surface area contributed by atoms with Gasteiger partial charge in [-0.15, -0.1) is 10.2 Å². The van der Waals surface area contributed by atoms with Gasteiger partial charge in [-0.2, -0.15) is 4.31 Å². The molecule has 1 atom stereocenters. The number of hydrogen-bond donors (Lipinski definition) is 0. The second-order valence-electron chi connectivity index (χ2n) is 9.73. The van der Waals surface area contributed by atoms with Crippen LogP contribution in [0.2, 0.25) is 0 Å². The van der Waals surface area contributed by atoms with E-state index in [-0.39, 0.29) is 16.7 Å². The van der Waals surface area contributed by atoms with Crippen LogP contribution >= 0.6 is 0 Å². The maximum Gasteiger partial charge on any atom is 0.247 e. The minimum atomic E-state index is -3.83. The van der Waals surface area contributed by atoms with Gasteiger partial charge in [-0.3, -0.25) is 4.98 Å². The molecule has 196 valence electrons. The highest BCUT2D eigenvalue weighted by atomic mass is 32.2. The normalized spacial score (nSPS) is 13.0.